The van der Waals surface area contributed by atoms with Gasteiger partial charge in [0.2, 0.25) is 0 Å². The number of ether oxygens (including phenoxy) is 1. The lowest BCUT2D eigenvalue weighted by Gasteiger charge is -2.31. The number of anilines is 3. The fourth-order valence-electron chi connectivity index (χ4n) is 8.12. The zero-order valence-electron chi connectivity index (χ0n) is 29.2. The van der Waals surface area contributed by atoms with Gasteiger partial charge in [0.15, 0.2) is 0 Å². The second kappa shape index (κ2) is 12.7. The van der Waals surface area contributed by atoms with Crippen molar-refractivity contribution in [2.75, 3.05) is 4.90 Å². The van der Waals surface area contributed by atoms with Gasteiger partial charge in [-0.2, -0.15) is 0 Å². The molecule has 8 aromatic carbocycles. The molecule has 0 radical (unpaired) electrons. The molecule has 1 unspecified atom stereocenters. The summed E-state index contributed by atoms with van der Waals surface area (Å²) in [5.74, 6) is 1.86. The summed E-state index contributed by atoms with van der Waals surface area (Å²) < 4.78 is 6.79. The predicted molar refractivity (Wildman–Crippen MR) is 220 cm³/mol. The molecule has 0 N–H and O–H groups in total. The summed E-state index contributed by atoms with van der Waals surface area (Å²) in [6.45, 7) is 2.38. The lowest BCUT2D eigenvalue weighted by molar-refractivity contribution is 0.455. The van der Waals surface area contributed by atoms with Crippen molar-refractivity contribution < 1.29 is 4.74 Å². The molecule has 0 fully saturated rings. The molecule has 0 spiro atoms. The summed E-state index contributed by atoms with van der Waals surface area (Å²) in [5, 5.41) is 0. The van der Waals surface area contributed by atoms with Crippen molar-refractivity contribution in [1.82, 2.24) is 0 Å². The topological polar surface area (TPSA) is 12.5 Å². The minimum atomic E-state index is -0.401. The van der Waals surface area contributed by atoms with Gasteiger partial charge in [-0.25, -0.2) is 0 Å². The van der Waals surface area contributed by atoms with E-state index < -0.39 is 5.41 Å². The first-order valence-corrected chi connectivity index (χ1v) is 18.9. The van der Waals surface area contributed by atoms with Crippen LogP contribution in [0.2, 0.25) is 0 Å². The maximum absolute atomic E-state index is 6.79. The van der Waals surface area contributed by atoms with Gasteiger partial charge in [0.25, 0.3) is 0 Å². The smallest absolute Gasteiger partial charge is 0.149 e. The van der Waals surface area contributed by atoms with E-state index in [2.05, 4.69) is 206 Å². The molecule has 8 aromatic rings. The van der Waals surface area contributed by atoms with E-state index in [1.54, 1.807) is 11.8 Å². The van der Waals surface area contributed by atoms with Crippen LogP contribution in [0.5, 0.6) is 11.5 Å². The van der Waals surface area contributed by atoms with E-state index in [4.69, 9.17) is 4.74 Å². The normalized spacial score (nSPS) is 15.0. The molecule has 0 amide bonds. The Morgan fingerprint density at radius 2 is 0.981 bits per heavy atom. The lowest BCUT2D eigenvalue weighted by Crippen LogP contribution is -2.23. The van der Waals surface area contributed by atoms with E-state index in [0.717, 1.165) is 38.4 Å². The fraction of sp³-hybridized carbons (Fsp3) is 0.0400. The Balaban J connectivity index is 1.15. The van der Waals surface area contributed by atoms with Gasteiger partial charge in [-0.3, -0.25) is 0 Å². The highest BCUT2D eigenvalue weighted by atomic mass is 32.2. The number of fused-ring (bicyclic) bond motifs is 6. The van der Waals surface area contributed by atoms with Gasteiger partial charge in [0.1, 0.15) is 11.5 Å². The summed E-state index contributed by atoms with van der Waals surface area (Å²) in [4.78, 5) is 4.68. The maximum atomic E-state index is 6.79. The molecule has 2 aliphatic rings. The van der Waals surface area contributed by atoms with Crippen LogP contribution < -0.4 is 9.64 Å². The van der Waals surface area contributed by atoms with Crippen LogP contribution >= 0.6 is 11.8 Å². The van der Waals surface area contributed by atoms with Gasteiger partial charge < -0.3 is 9.64 Å². The third-order valence-corrected chi connectivity index (χ3v) is 11.9. The summed E-state index contributed by atoms with van der Waals surface area (Å²) in [7, 11) is 0. The predicted octanol–water partition coefficient (Wildman–Crippen LogP) is 14.1. The van der Waals surface area contributed by atoms with Gasteiger partial charge in [-0.05, 0) is 106 Å². The molecule has 1 aliphatic heterocycles. The van der Waals surface area contributed by atoms with Crippen LogP contribution in [-0.2, 0) is 5.41 Å². The Labute approximate surface area is 315 Å². The number of benzene rings is 8. The number of para-hydroxylation sites is 1. The first kappa shape index (κ1) is 31.4. The molecule has 0 aromatic heterocycles. The molecule has 3 heteroatoms. The van der Waals surface area contributed by atoms with Crippen molar-refractivity contribution in [1.29, 1.82) is 0 Å². The van der Waals surface area contributed by atoms with Crippen molar-refractivity contribution >= 4 is 28.8 Å². The Bertz CT molecular complexity index is 2520. The van der Waals surface area contributed by atoms with Crippen LogP contribution in [0.1, 0.15) is 23.6 Å². The lowest BCUT2D eigenvalue weighted by atomic mass is 9.74. The molecule has 252 valence electrons. The molecule has 1 heterocycles. The first-order chi connectivity index (χ1) is 26.1. The van der Waals surface area contributed by atoms with Gasteiger partial charge in [0.05, 0.1) is 9.79 Å². The quantitative estimate of drug-likeness (QED) is 0.172. The molecule has 1 atom stereocenters. The molecule has 2 nitrogen and oxygen atoms in total. The third-order valence-electron chi connectivity index (χ3n) is 10.8. The number of nitrogens with zero attached hydrogens (tertiary/aromatic N) is 1. The fourth-order valence-corrected chi connectivity index (χ4v) is 9.09. The minimum absolute atomic E-state index is 0.401. The van der Waals surface area contributed by atoms with E-state index in [1.165, 1.54) is 50.1 Å². The SMILES string of the molecule is CC1(c2ccccc2)c2cc(N(c3ccc(-c4ccccc4)cc3)c3ccc(-c4ccccc4)cc3)ccc2-c2c1ccc1c2Oc2ccccc2S1. The molecule has 10 rings (SSSR count). The van der Waals surface area contributed by atoms with E-state index in [0.29, 0.717) is 0 Å². The maximum Gasteiger partial charge on any atom is 0.149 e. The molecular formula is C50H35NOS. The van der Waals surface area contributed by atoms with Crippen molar-refractivity contribution in [3.63, 3.8) is 0 Å². The van der Waals surface area contributed by atoms with Gasteiger partial charge >= 0.3 is 0 Å². The van der Waals surface area contributed by atoms with Crippen LogP contribution in [0.4, 0.5) is 17.1 Å². The second-order valence-corrected chi connectivity index (χ2v) is 14.9. The van der Waals surface area contributed by atoms with E-state index in [9.17, 15) is 0 Å². The summed E-state index contributed by atoms with van der Waals surface area (Å²) in [5.41, 5.74) is 13.9. The standard InChI is InChI=1S/C50H35NOS/c1-50(38-17-9-4-10-18-38)43-31-32-47-49(52-45-19-11-12-20-46(45)53-47)48(43)42-30-29-41(33-44(42)50)51(39-25-21-36(22-26-39)34-13-5-2-6-14-34)40-27-23-37(24-28-40)35-15-7-3-8-16-35/h2-33H,1H3. The Morgan fingerprint density at radius 1 is 0.453 bits per heavy atom. The van der Waals surface area contributed by atoms with Crippen LogP contribution in [0, 0.1) is 0 Å². The molecular weight excluding hydrogens is 663 g/mol. The number of hydrogen-bond acceptors (Lipinski definition) is 3. The number of hydrogen-bond donors (Lipinski definition) is 0. The molecule has 1 aliphatic carbocycles. The monoisotopic (exact) mass is 697 g/mol. The summed E-state index contributed by atoms with van der Waals surface area (Å²) in [6.07, 6.45) is 0. The molecule has 0 saturated heterocycles. The summed E-state index contributed by atoms with van der Waals surface area (Å²) >= 11 is 1.79. The van der Waals surface area contributed by atoms with Gasteiger partial charge in [0, 0.05) is 28.0 Å². The van der Waals surface area contributed by atoms with Crippen molar-refractivity contribution in [3.05, 3.63) is 211 Å². The molecule has 0 saturated carbocycles. The minimum Gasteiger partial charge on any atom is -0.454 e. The van der Waals surface area contributed by atoms with E-state index >= 15 is 0 Å². The van der Waals surface area contributed by atoms with E-state index in [-0.39, 0.29) is 0 Å². The zero-order chi connectivity index (χ0) is 35.4. The van der Waals surface area contributed by atoms with E-state index in [1.807, 2.05) is 0 Å². The highest BCUT2D eigenvalue weighted by molar-refractivity contribution is 7.99. The molecule has 53 heavy (non-hydrogen) atoms. The van der Waals surface area contributed by atoms with Crippen LogP contribution in [-0.4, -0.2) is 0 Å². The average Bonchev–Trinajstić information content (AvgIpc) is 3.50. The third kappa shape index (κ3) is 5.27. The van der Waals surface area contributed by atoms with Crippen LogP contribution in [0.15, 0.2) is 204 Å². The largest absolute Gasteiger partial charge is 0.454 e. The second-order valence-electron chi connectivity index (χ2n) is 13.8. The van der Waals surface area contributed by atoms with Crippen molar-refractivity contribution in [2.24, 2.45) is 0 Å². The molecule has 0 bridgehead atoms. The van der Waals surface area contributed by atoms with Crippen LogP contribution in [0.25, 0.3) is 33.4 Å². The van der Waals surface area contributed by atoms with Crippen molar-refractivity contribution in [2.45, 2.75) is 22.1 Å². The Hall–Kier alpha value is -6.29. The first-order valence-electron chi connectivity index (χ1n) is 18.1. The Kier molecular flexibility index (Phi) is 7.56. The highest BCUT2D eigenvalue weighted by Gasteiger charge is 2.44. The highest BCUT2D eigenvalue weighted by Crippen LogP contribution is 2.61. The average molecular weight is 698 g/mol. The van der Waals surface area contributed by atoms with Crippen molar-refractivity contribution in [3.8, 4) is 44.9 Å². The summed E-state index contributed by atoms with van der Waals surface area (Å²) in [6, 6.07) is 69.9. The number of rotatable bonds is 6. The zero-order valence-corrected chi connectivity index (χ0v) is 30.1. The van der Waals surface area contributed by atoms with Crippen LogP contribution in [0.3, 0.4) is 0 Å². The van der Waals surface area contributed by atoms with Gasteiger partial charge in [-0.1, -0.05) is 151 Å². The van der Waals surface area contributed by atoms with Gasteiger partial charge in [-0.15, -0.1) is 0 Å². The Morgan fingerprint density at radius 3 is 1.60 bits per heavy atom.